The van der Waals surface area contributed by atoms with E-state index in [-0.39, 0.29) is 18.3 Å². The minimum Gasteiger partial charge on any atom is -0.469 e. The number of hydrogen-bond acceptors (Lipinski definition) is 5. The number of esters is 1. The van der Waals surface area contributed by atoms with Gasteiger partial charge >= 0.3 is 5.97 Å². The zero-order valence-electron chi connectivity index (χ0n) is 9.88. The Bertz CT molecular complexity index is 639. The monoisotopic (exact) mass is 244 g/mol. The normalized spacial score (nSPS) is 10.2. The molecule has 0 saturated heterocycles. The SMILES string of the molecule is COC(=O)CCn1c(N)nc2c(C#N)cccc21. The number of carbonyl (C=O) groups is 1. The van der Waals surface area contributed by atoms with Crippen LogP contribution in [0.3, 0.4) is 0 Å². The summed E-state index contributed by atoms with van der Waals surface area (Å²) in [6, 6.07) is 7.32. The summed E-state index contributed by atoms with van der Waals surface area (Å²) < 4.78 is 6.28. The first-order chi connectivity index (χ1) is 8.67. The lowest BCUT2D eigenvalue weighted by Gasteiger charge is -2.05. The third-order valence-electron chi connectivity index (χ3n) is 2.70. The van der Waals surface area contributed by atoms with Crippen molar-refractivity contribution in [3.8, 4) is 6.07 Å². The van der Waals surface area contributed by atoms with Gasteiger partial charge in [0.05, 0.1) is 24.6 Å². The number of para-hydroxylation sites is 1. The molecule has 18 heavy (non-hydrogen) atoms. The van der Waals surface area contributed by atoms with Gasteiger partial charge in [-0.2, -0.15) is 5.26 Å². The van der Waals surface area contributed by atoms with Crippen molar-refractivity contribution < 1.29 is 9.53 Å². The first kappa shape index (κ1) is 11.9. The van der Waals surface area contributed by atoms with E-state index in [4.69, 9.17) is 11.0 Å². The molecule has 2 aromatic rings. The number of nitrogens with two attached hydrogens (primary N) is 1. The number of methoxy groups -OCH3 is 1. The number of carbonyl (C=O) groups excluding carboxylic acids is 1. The van der Waals surface area contributed by atoms with Gasteiger partial charge in [-0.15, -0.1) is 0 Å². The molecule has 2 N–H and O–H groups in total. The average Bonchev–Trinajstić information content (AvgIpc) is 2.71. The van der Waals surface area contributed by atoms with Crippen LogP contribution in [-0.2, 0) is 16.1 Å². The van der Waals surface area contributed by atoms with E-state index in [1.165, 1.54) is 7.11 Å². The fourth-order valence-corrected chi connectivity index (χ4v) is 1.80. The number of rotatable bonds is 3. The van der Waals surface area contributed by atoms with Gasteiger partial charge in [-0.05, 0) is 12.1 Å². The minimum atomic E-state index is -0.312. The number of fused-ring (bicyclic) bond motifs is 1. The molecule has 1 aromatic carbocycles. The number of ether oxygens (including phenoxy) is 1. The summed E-state index contributed by atoms with van der Waals surface area (Å²) in [4.78, 5) is 15.3. The van der Waals surface area contributed by atoms with Crippen LogP contribution < -0.4 is 5.73 Å². The number of imidazole rings is 1. The van der Waals surface area contributed by atoms with Gasteiger partial charge in [-0.3, -0.25) is 4.79 Å². The Hall–Kier alpha value is -2.55. The largest absolute Gasteiger partial charge is 0.469 e. The van der Waals surface area contributed by atoms with Crippen LogP contribution in [0.15, 0.2) is 18.2 Å². The summed E-state index contributed by atoms with van der Waals surface area (Å²) in [6.45, 7) is 0.379. The standard InChI is InChI=1S/C12H12N4O2/c1-18-10(17)5-6-16-9-4-2-3-8(7-13)11(9)15-12(16)14/h2-4H,5-6H2,1H3,(H2,14,15). The van der Waals surface area contributed by atoms with Gasteiger partial charge in [0.25, 0.3) is 0 Å². The van der Waals surface area contributed by atoms with E-state index < -0.39 is 0 Å². The molecule has 0 unspecified atom stereocenters. The molecule has 0 radical (unpaired) electrons. The summed E-state index contributed by atoms with van der Waals surface area (Å²) in [7, 11) is 1.34. The van der Waals surface area contributed by atoms with Crippen LogP contribution in [-0.4, -0.2) is 22.6 Å². The summed E-state index contributed by atoms with van der Waals surface area (Å²) in [5.41, 5.74) is 7.57. The maximum absolute atomic E-state index is 11.1. The molecule has 0 fully saturated rings. The lowest BCUT2D eigenvalue weighted by atomic mass is 10.2. The maximum Gasteiger partial charge on any atom is 0.307 e. The second kappa shape index (κ2) is 4.75. The van der Waals surface area contributed by atoms with Crippen LogP contribution >= 0.6 is 0 Å². The number of nitrogen functional groups attached to an aromatic ring is 1. The van der Waals surface area contributed by atoms with Gasteiger partial charge in [0.2, 0.25) is 5.95 Å². The van der Waals surface area contributed by atoms with Gasteiger partial charge in [0, 0.05) is 6.54 Å². The Morgan fingerprint density at radius 1 is 1.61 bits per heavy atom. The number of hydrogen-bond donors (Lipinski definition) is 1. The number of nitriles is 1. The van der Waals surface area contributed by atoms with E-state index in [9.17, 15) is 4.79 Å². The van der Waals surface area contributed by atoms with E-state index in [1.54, 1.807) is 16.7 Å². The van der Waals surface area contributed by atoms with Crippen molar-refractivity contribution in [2.75, 3.05) is 12.8 Å². The third kappa shape index (κ3) is 1.98. The number of nitrogens with zero attached hydrogens (tertiary/aromatic N) is 3. The molecule has 0 aliphatic rings. The molecule has 0 spiro atoms. The summed E-state index contributed by atoms with van der Waals surface area (Å²) in [5, 5.41) is 8.98. The fourth-order valence-electron chi connectivity index (χ4n) is 1.80. The molecular formula is C12H12N4O2. The van der Waals surface area contributed by atoms with Crippen molar-refractivity contribution in [3.05, 3.63) is 23.8 Å². The number of benzene rings is 1. The Balaban J connectivity index is 2.42. The van der Waals surface area contributed by atoms with Gasteiger partial charge in [0.1, 0.15) is 11.6 Å². The fraction of sp³-hybridized carbons (Fsp3) is 0.250. The van der Waals surface area contributed by atoms with Crippen LogP contribution in [0, 0.1) is 11.3 Å². The summed E-state index contributed by atoms with van der Waals surface area (Å²) >= 11 is 0. The Morgan fingerprint density at radius 2 is 2.39 bits per heavy atom. The van der Waals surface area contributed by atoms with Crippen LogP contribution in [0.25, 0.3) is 11.0 Å². The molecular weight excluding hydrogens is 232 g/mol. The van der Waals surface area contributed by atoms with Crippen molar-refractivity contribution in [3.63, 3.8) is 0 Å². The lowest BCUT2D eigenvalue weighted by molar-refractivity contribution is -0.140. The third-order valence-corrected chi connectivity index (χ3v) is 2.70. The number of anilines is 1. The molecule has 0 saturated carbocycles. The molecule has 2 rings (SSSR count). The minimum absolute atomic E-state index is 0.211. The van der Waals surface area contributed by atoms with Crippen molar-refractivity contribution in [1.82, 2.24) is 9.55 Å². The summed E-state index contributed by atoms with van der Waals surface area (Å²) in [6.07, 6.45) is 0.211. The van der Waals surface area contributed by atoms with Gasteiger partial charge < -0.3 is 15.0 Å². The van der Waals surface area contributed by atoms with Crippen LogP contribution in [0.2, 0.25) is 0 Å². The molecule has 0 bridgehead atoms. The second-order valence-corrected chi connectivity index (χ2v) is 3.73. The molecule has 0 amide bonds. The second-order valence-electron chi connectivity index (χ2n) is 3.73. The maximum atomic E-state index is 11.1. The zero-order valence-corrected chi connectivity index (χ0v) is 9.88. The molecule has 0 atom stereocenters. The smallest absolute Gasteiger partial charge is 0.307 e. The molecule has 1 heterocycles. The van der Waals surface area contributed by atoms with Crippen LogP contribution in [0.5, 0.6) is 0 Å². The van der Waals surface area contributed by atoms with Gasteiger partial charge in [-0.1, -0.05) is 6.07 Å². The molecule has 1 aromatic heterocycles. The van der Waals surface area contributed by atoms with E-state index in [0.717, 1.165) is 5.52 Å². The van der Waals surface area contributed by atoms with Crippen molar-refractivity contribution in [2.45, 2.75) is 13.0 Å². The first-order valence-corrected chi connectivity index (χ1v) is 5.39. The summed E-state index contributed by atoms with van der Waals surface area (Å²) in [5.74, 6) is -0.0238. The van der Waals surface area contributed by atoms with Crippen LogP contribution in [0.1, 0.15) is 12.0 Å². The van der Waals surface area contributed by atoms with Crippen molar-refractivity contribution in [1.29, 1.82) is 5.26 Å². The molecule has 0 aliphatic carbocycles. The van der Waals surface area contributed by atoms with Crippen molar-refractivity contribution >= 4 is 23.0 Å². The van der Waals surface area contributed by atoms with E-state index in [2.05, 4.69) is 15.8 Å². The highest BCUT2D eigenvalue weighted by molar-refractivity contribution is 5.84. The van der Waals surface area contributed by atoms with E-state index >= 15 is 0 Å². The molecule has 6 heteroatoms. The van der Waals surface area contributed by atoms with E-state index in [0.29, 0.717) is 17.6 Å². The quantitative estimate of drug-likeness (QED) is 0.814. The lowest BCUT2D eigenvalue weighted by Crippen LogP contribution is -2.09. The van der Waals surface area contributed by atoms with Crippen LogP contribution in [0.4, 0.5) is 5.95 Å². The van der Waals surface area contributed by atoms with Crippen molar-refractivity contribution in [2.24, 2.45) is 0 Å². The van der Waals surface area contributed by atoms with Gasteiger partial charge in [0.15, 0.2) is 0 Å². The highest BCUT2D eigenvalue weighted by Gasteiger charge is 2.12. The topological polar surface area (TPSA) is 93.9 Å². The predicted molar refractivity (Wildman–Crippen MR) is 65.5 cm³/mol. The number of aryl methyl sites for hydroxylation is 1. The van der Waals surface area contributed by atoms with E-state index in [1.807, 2.05) is 6.07 Å². The molecule has 6 nitrogen and oxygen atoms in total. The Kier molecular flexibility index (Phi) is 3.15. The van der Waals surface area contributed by atoms with Gasteiger partial charge in [-0.25, -0.2) is 4.98 Å². The first-order valence-electron chi connectivity index (χ1n) is 5.39. The molecule has 0 aliphatic heterocycles. The Morgan fingerprint density at radius 3 is 3.06 bits per heavy atom. The Labute approximate surface area is 104 Å². The zero-order chi connectivity index (χ0) is 13.1. The predicted octanol–water partition coefficient (Wildman–Crippen LogP) is 1.05. The highest BCUT2D eigenvalue weighted by Crippen LogP contribution is 2.21. The average molecular weight is 244 g/mol. The highest BCUT2D eigenvalue weighted by atomic mass is 16.5. The number of aromatic nitrogens is 2. The molecule has 92 valence electrons.